The highest BCUT2D eigenvalue weighted by molar-refractivity contribution is 5.01. The number of hydrogen-bond donors (Lipinski definition) is 1. The molecule has 0 spiro atoms. The van der Waals surface area contributed by atoms with Crippen LogP contribution in [0.15, 0.2) is 0 Å². The number of rotatable bonds is 0. The molecule has 9 heavy (non-hydrogen) atoms. The maximum absolute atomic E-state index is 5.25. The summed E-state index contributed by atoms with van der Waals surface area (Å²) in [6.07, 6.45) is 8.96. The molecule has 0 aromatic rings. The van der Waals surface area contributed by atoms with Crippen molar-refractivity contribution in [3.63, 3.8) is 0 Å². The lowest BCUT2D eigenvalue weighted by Crippen LogP contribution is -2.39. The molecule has 0 unspecified atom stereocenters. The van der Waals surface area contributed by atoms with Crippen LogP contribution in [0.3, 0.4) is 0 Å². The van der Waals surface area contributed by atoms with Crippen molar-refractivity contribution >= 4 is 0 Å². The standard InChI is InChI=1S/C8H13N/c1-3-8-6-4-5-7(2)9-8/h1,7-9H,4-6H2,2H3/t7-,8+/m1/s1. The van der Waals surface area contributed by atoms with E-state index in [0.717, 1.165) is 6.42 Å². The van der Waals surface area contributed by atoms with Crippen LogP contribution in [-0.2, 0) is 0 Å². The van der Waals surface area contributed by atoms with Crippen LogP contribution in [0.2, 0.25) is 0 Å². The van der Waals surface area contributed by atoms with Crippen LogP contribution in [0.25, 0.3) is 0 Å². The topological polar surface area (TPSA) is 12.0 Å². The van der Waals surface area contributed by atoms with Gasteiger partial charge in [0.1, 0.15) is 0 Å². The van der Waals surface area contributed by atoms with Gasteiger partial charge in [-0.15, -0.1) is 6.42 Å². The summed E-state index contributed by atoms with van der Waals surface area (Å²) in [5.41, 5.74) is 0. The van der Waals surface area contributed by atoms with Crippen molar-refractivity contribution in [3.05, 3.63) is 0 Å². The van der Waals surface area contributed by atoms with E-state index in [2.05, 4.69) is 18.2 Å². The molecule has 0 radical (unpaired) electrons. The van der Waals surface area contributed by atoms with Gasteiger partial charge >= 0.3 is 0 Å². The van der Waals surface area contributed by atoms with E-state index >= 15 is 0 Å². The molecule has 0 aromatic carbocycles. The second-order valence-corrected chi connectivity index (χ2v) is 2.72. The van der Waals surface area contributed by atoms with Crippen LogP contribution in [0.1, 0.15) is 26.2 Å². The first-order chi connectivity index (χ1) is 4.33. The maximum atomic E-state index is 5.25. The average molecular weight is 123 g/mol. The molecule has 1 heteroatoms. The Morgan fingerprint density at radius 3 is 2.78 bits per heavy atom. The van der Waals surface area contributed by atoms with Crippen molar-refractivity contribution < 1.29 is 0 Å². The van der Waals surface area contributed by atoms with E-state index in [9.17, 15) is 0 Å². The van der Waals surface area contributed by atoms with Gasteiger partial charge < -0.3 is 5.32 Å². The molecule has 0 aliphatic carbocycles. The van der Waals surface area contributed by atoms with Crippen molar-refractivity contribution in [2.24, 2.45) is 0 Å². The summed E-state index contributed by atoms with van der Waals surface area (Å²) < 4.78 is 0. The Bertz CT molecular complexity index is 123. The average Bonchev–Trinajstić information content (AvgIpc) is 1.88. The van der Waals surface area contributed by atoms with Gasteiger partial charge in [0.2, 0.25) is 0 Å². The number of piperidine rings is 1. The first-order valence-electron chi connectivity index (χ1n) is 3.55. The molecule has 1 fully saturated rings. The fourth-order valence-corrected chi connectivity index (χ4v) is 1.27. The fourth-order valence-electron chi connectivity index (χ4n) is 1.27. The minimum Gasteiger partial charge on any atom is -0.301 e. The molecule has 0 bridgehead atoms. The van der Waals surface area contributed by atoms with E-state index in [-0.39, 0.29) is 0 Å². The summed E-state index contributed by atoms with van der Waals surface area (Å²) in [7, 11) is 0. The van der Waals surface area contributed by atoms with Crippen molar-refractivity contribution in [2.45, 2.75) is 38.3 Å². The van der Waals surface area contributed by atoms with Gasteiger partial charge in [0.05, 0.1) is 6.04 Å². The Morgan fingerprint density at radius 1 is 1.56 bits per heavy atom. The molecule has 1 aliphatic rings. The van der Waals surface area contributed by atoms with Gasteiger partial charge in [0.25, 0.3) is 0 Å². The molecule has 0 saturated carbocycles. The molecular weight excluding hydrogens is 110 g/mol. The highest BCUT2D eigenvalue weighted by atomic mass is 14.9. The fraction of sp³-hybridized carbons (Fsp3) is 0.750. The molecule has 0 amide bonds. The van der Waals surface area contributed by atoms with Crippen LogP contribution in [0, 0.1) is 12.3 Å². The normalized spacial score (nSPS) is 35.6. The van der Waals surface area contributed by atoms with Crippen molar-refractivity contribution in [1.82, 2.24) is 5.32 Å². The molecule has 1 aliphatic heterocycles. The van der Waals surface area contributed by atoms with Crippen LogP contribution in [0.5, 0.6) is 0 Å². The third kappa shape index (κ3) is 1.73. The Labute approximate surface area is 56.8 Å². The third-order valence-corrected chi connectivity index (χ3v) is 1.82. The number of nitrogens with one attached hydrogen (secondary N) is 1. The lowest BCUT2D eigenvalue weighted by atomic mass is 10.0. The van der Waals surface area contributed by atoms with Crippen LogP contribution >= 0.6 is 0 Å². The van der Waals surface area contributed by atoms with Gasteiger partial charge in [-0.1, -0.05) is 5.92 Å². The zero-order chi connectivity index (χ0) is 6.69. The summed E-state index contributed by atoms with van der Waals surface area (Å²) in [6, 6.07) is 0.966. The quantitative estimate of drug-likeness (QED) is 0.476. The van der Waals surface area contributed by atoms with Gasteiger partial charge in [-0.05, 0) is 26.2 Å². The smallest absolute Gasteiger partial charge is 0.0688 e. The number of terminal acetylenes is 1. The molecular formula is C8H13N. The predicted molar refractivity (Wildman–Crippen MR) is 39.1 cm³/mol. The van der Waals surface area contributed by atoms with Crippen LogP contribution in [0.4, 0.5) is 0 Å². The Hall–Kier alpha value is -0.480. The van der Waals surface area contributed by atoms with E-state index in [1.165, 1.54) is 12.8 Å². The van der Waals surface area contributed by atoms with E-state index in [0.29, 0.717) is 12.1 Å². The Balaban J connectivity index is 2.34. The molecule has 1 N–H and O–H groups in total. The van der Waals surface area contributed by atoms with Gasteiger partial charge in [-0.3, -0.25) is 0 Å². The van der Waals surface area contributed by atoms with E-state index < -0.39 is 0 Å². The molecule has 1 saturated heterocycles. The molecule has 0 aromatic heterocycles. The first kappa shape index (κ1) is 6.64. The molecule has 1 nitrogen and oxygen atoms in total. The highest BCUT2D eigenvalue weighted by Crippen LogP contribution is 2.10. The lowest BCUT2D eigenvalue weighted by molar-refractivity contribution is 0.382. The van der Waals surface area contributed by atoms with Gasteiger partial charge in [-0.2, -0.15) is 0 Å². The second-order valence-electron chi connectivity index (χ2n) is 2.72. The third-order valence-electron chi connectivity index (χ3n) is 1.82. The molecule has 50 valence electrons. The summed E-state index contributed by atoms with van der Waals surface area (Å²) in [5, 5.41) is 3.33. The van der Waals surface area contributed by atoms with E-state index in [1.54, 1.807) is 0 Å². The van der Waals surface area contributed by atoms with Gasteiger partial charge in [-0.25, -0.2) is 0 Å². The van der Waals surface area contributed by atoms with Crippen molar-refractivity contribution in [3.8, 4) is 12.3 Å². The zero-order valence-electron chi connectivity index (χ0n) is 5.85. The monoisotopic (exact) mass is 123 g/mol. The maximum Gasteiger partial charge on any atom is 0.0688 e. The Morgan fingerprint density at radius 2 is 2.33 bits per heavy atom. The van der Waals surface area contributed by atoms with Gasteiger partial charge in [0.15, 0.2) is 0 Å². The second kappa shape index (κ2) is 2.89. The predicted octanol–water partition coefficient (Wildman–Crippen LogP) is 1.15. The zero-order valence-corrected chi connectivity index (χ0v) is 5.85. The SMILES string of the molecule is C#C[C@H]1CCC[C@@H](C)N1. The molecule has 1 heterocycles. The van der Waals surface area contributed by atoms with Crippen molar-refractivity contribution in [1.29, 1.82) is 0 Å². The lowest BCUT2D eigenvalue weighted by Gasteiger charge is -2.24. The summed E-state index contributed by atoms with van der Waals surface area (Å²) >= 11 is 0. The summed E-state index contributed by atoms with van der Waals surface area (Å²) in [6.45, 7) is 2.18. The van der Waals surface area contributed by atoms with Crippen LogP contribution in [-0.4, -0.2) is 12.1 Å². The summed E-state index contributed by atoms with van der Waals surface area (Å²) in [4.78, 5) is 0. The minimum absolute atomic E-state index is 0.341. The van der Waals surface area contributed by atoms with Gasteiger partial charge in [0, 0.05) is 6.04 Å². The molecule has 1 rings (SSSR count). The van der Waals surface area contributed by atoms with E-state index in [4.69, 9.17) is 6.42 Å². The summed E-state index contributed by atoms with van der Waals surface area (Å²) in [5.74, 6) is 2.72. The first-order valence-corrected chi connectivity index (χ1v) is 3.55. The van der Waals surface area contributed by atoms with Crippen LogP contribution < -0.4 is 5.32 Å². The molecule has 2 atom stereocenters. The highest BCUT2D eigenvalue weighted by Gasteiger charge is 2.14. The Kier molecular flexibility index (Phi) is 2.13. The van der Waals surface area contributed by atoms with Crippen molar-refractivity contribution in [2.75, 3.05) is 0 Å². The number of hydrogen-bond acceptors (Lipinski definition) is 1. The van der Waals surface area contributed by atoms with E-state index in [1.807, 2.05) is 0 Å². The minimum atomic E-state index is 0.341. The largest absolute Gasteiger partial charge is 0.301 e.